The highest BCUT2D eigenvalue weighted by atomic mass is 16.3. The second-order valence-corrected chi connectivity index (χ2v) is 4.93. The van der Waals surface area contributed by atoms with Crippen molar-refractivity contribution in [1.29, 1.82) is 0 Å². The van der Waals surface area contributed by atoms with Crippen molar-refractivity contribution >= 4 is 17.5 Å². The molecule has 1 N–H and O–H groups in total. The minimum absolute atomic E-state index is 0.00772. The van der Waals surface area contributed by atoms with Gasteiger partial charge in [-0.05, 0) is 35.9 Å². The zero-order valence-electron chi connectivity index (χ0n) is 11.7. The molecule has 3 heteroatoms. The number of carbonyl (C=O) groups is 1. The number of fused-ring (bicyclic) bond motifs is 1. The number of nitrogens with zero attached hydrogens (tertiary/aromatic N) is 1. The first-order chi connectivity index (χ1) is 10.1. The van der Waals surface area contributed by atoms with Gasteiger partial charge in [0.2, 0.25) is 0 Å². The van der Waals surface area contributed by atoms with E-state index in [1.54, 1.807) is 30.4 Å². The molecule has 0 amide bonds. The number of hydrogen-bond acceptors (Lipinski definition) is 3. The molecule has 0 bridgehead atoms. The van der Waals surface area contributed by atoms with E-state index in [4.69, 9.17) is 0 Å². The number of phenols is 1. The minimum Gasteiger partial charge on any atom is -0.506 e. The molecular formula is C18H15NO2. The standard InChI is InChI=1S/C18H15NO2/c1-19-15(9-5-13-6-11-16(20)12-7-13)10-8-14-3-2-4-17(21)18(14)19/h2-12,21H,1H3. The first-order valence-corrected chi connectivity index (χ1v) is 6.71. The Morgan fingerprint density at radius 1 is 1.00 bits per heavy atom. The number of anilines is 1. The molecule has 2 aliphatic rings. The molecule has 104 valence electrons. The van der Waals surface area contributed by atoms with Crippen LogP contribution in [-0.4, -0.2) is 17.9 Å². The summed E-state index contributed by atoms with van der Waals surface area (Å²) >= 11 is 0. The summed E-state index contributed by atoms with van der Waals surface area (Å²) in [6, 6.07) is 5.48. The fourth-order valence-corrected chi connectivity index (χ4v) is 2.39. The Balaban J connectivity index is 1.92. The summed E-state index contributed by atoms with van der Waals surface area (Å²) in [6.07, 6.45) is 14.6. The van der Waals surface area contributed by atoms with E-state index in [9.17, 15) is 9.90 Å². The lowest BCUT2D eigenvalue weighted by Gasteiger charge is -2.26. The summed E-state index contributed by atoms with van der Waals surface area (Å²) in [6.45, 7) is 0. The van der Waals surface area contributed by atoms with Gasteiger partial charge >= 0.3 is 0 Å². The number of ketones is 1. The molecule has 3 rings (SSSR count). The van der Waals surface area contributed by atoms with Gasteiger partial charge in [-0.1, -0.05) is 36.4 Å². The Hall–Kier alpha value is -2.81. The molecule has 0 saturated heterocycles. The van der Waals surface area contributed by atoms with Crippen LogP contribution in [0.5, 0.6) is 5.75 Å². The summed E-state index contributed by atoms with van der Waals surface area (Å²) in [5, 5.41) is 10.0. The predicted molar refractivity (Wildman–Crippen MR) is 85.0 cm³/mol. The van der Waals surface area contributed by atoms with Crippen molar-refractivity contribution < 1.29 is 9.90 Å². The first kappa shape index (κ1) is 13.2. The summed E-state index contributed by atoms with van der Waals surface area (Å²) in [5.74, 6) is 0.272. The number of rotatable bonds is 1. The van der Waals surface area contributed by atoms with Gasteiger partial charge in [-0.3, -0.25) is 4.79 Å². The van der Waals surface area contributed by atoms with E-state index in [1.807, 2.05) is 48.4 Å². The number of likely N-dealkylation sites (N-methyl/N-ethyl adjacent to an activating group) is 1. The predicted octanol–water partition coefficient (Wildman–Crippen LogP) is 3.36. The fourth-order valence-electron chi connectivity index (χ4n) is 2.39. The quantitative estimate of drug-likeness (QED) is 0.855. The van der Waals surface area contributed by atoms with Crippen LogP contribution in [0, 0.1) is 0 Å². The van der Waals surface area contributed by atoms with Crippen molar-refractivity contribution in [3.63, 3.8) is 0 Å². The van der Waals surface area contributed by atoms with E-state index in [2.05, 4.69) is 0 Å². The van der Waals surface area contributed by atoms with Crippen LogP contribution in [0.3, 0.4) is 0 Å². The van der Waals surface area contributed by atoms with Crippen LogP contribution in [0.15, 0.2) is 72.0 Å². The molecule has 0 fully saturated rings. The molecule has 1 aliphatic heterocycles. The molecule has 0 saturated carbocycles. The van der Waals surface area contributed by atoms with E-state index in [-0.39, 0.29) is 11.5 Å². The highest BCUT2D eigenvalue weighted by Gasteiger charge is 2.16. The molecule has 1 aliphatic carbocycles. The maximum absolute atomic E-state index is 11.1. The van der Waals surface area contributed by atoms with Gasteiger partial charge < -0.3 is 10.0 Å². The molecule has 3 nitrogen and oxygen atoms in total. The Morgan fingerprint density at radius 2 is 1.76 bits per heavy atom. The number of carbonyl (C=O) groups excluding carboxylic acids is 1. The lowest BCUT2D eigenvalue weighted by atomic mass is 10.0. The van der Waals surface area contributed by atoms with Crippen LogP contribution >= 0.6 is 0 Å². The van der Waals surface area contributed by atoms with Crippen molar-refractivity contribution in [2.75, 3.05) is 11.9 Å². The number of aromatic hydroxyl groups is 1. The van der Waals surface area contributed by atoms with Crippen molar-refractivity contribution in [1.82, 2.24) is 0 Å². The maximum Gasteiger partial charge on any atom is 0.178 e. The highest BCUT2D eigenvalue weighted by molar-refractivity contribution is 6.01. The topological polar surface area (TPSA) is 40.5 Å². The minimum atomic E-state index is 0.00772. The Kier molecular flexibility index (Phi) is 3.32. The van der Waals surface area contributed by atoms with Gasteiger partial charge in [0, 0.05) is 18.3 Å². The summed E-state index contributed by atoms with van der Waals surface area (Å²) < 4.78 is 0. The molecule has 0 atom stereocenters. The van der Waals surface area contributed by atoms with Crippen LogP contribution in [-0.2, 0) is 4.79 Å². The Bertz CT molecular complexity index is 730. The van der Waals surface area contributed by atoms with Gasteiger partial charge in [-0.25, -0.2) is 0 Å². The summed E-state index contributed by atoms with van der Waals surface area (Å²) in [7, 11) is 1.92. The molecule has 0 spiro atoms. The van der Waals surface area contributed by atoms with E-state index in [0.29, 0.717) is 0 Å². The lowest BCUT2D eigenvalue weighted by molar-refractivity contribution is -0.110. The Morgan fingerprint density at radius 3 is 2.52 bits per heavy atom. The largest absolute Gasteiger partial charge is 0.506 e. The fraction of sp³-hybridized carbons (Fsp3) is 0.0556. The monoisotopic (exact) mass is 277 g/mol. The third kappa shape index (κ3) is 2.58. The molecule has 21 heavy (non-hydrogen) atoms. The normalized spacial score (nSPS) is 18.3. The molecule has 1 aromatic rings. The van der Waals surface area contributed by atoms with Crippen LogP contribution in [0.25, 0.3) is 6.08 Å². The van der Waals surface area contributed by atoms with Gasteiger partial charge in [0.25, 0.3) is 0 Å². The summed E-state index contributed by atoms with van der Waals surface area (Å²) in [5.41, 5.74) is 3.72. The number of para-hydroxylation sites is 1. The lowest BCUT2D eigenvalue weighted by Crippen LogP contribution is -2.18. The molecular weight excluding hydrogens is 262 g/mol. The van der Waals surface area contributed by atoms with Gasteiger partial charge in [0.1, 0.15) is 5.75 Å². The number of phenolic OH excluding ortho intramolecular Hbond substituents is 1. The maximum atomic E-state index is 11.1. The van der Waals surface area contributed by atoms with E-state index >= 15 is 0 Å². The van der Waals surface area contributed by atoms with E-state index < -0.39 is 0 Å². The van der Waals surface area contributed by atoms with Gasteiger partial charge in [-0.15, -0.1) is 0 Å². The van der Waals surface area contributed by atoms with Crippen molar-refractivity contribution in [2.45, 2.75) is 0 Å². The smallest absolute Gasteiger partial charge is 0.178 e. The number of hydrogen-bond donors (Lipinski definition) is 1. The third-order valence-corrected chi connectivity index (χ3v) is 3.53. The molecule has 1 heterocycles. The second-order valence-electron chi connectivity index (χ2n) is 4.93. The molecule has 1 aromatic carbocycles. The highest BCUT2D eigenvalue weighted by Crippen LogP contribution is 2.36. The van der Waals surface area contributed by atoms with Crippen LogP contribution in [0.2, 0.25) is 0 Å². The van der Waals surface area contributed by atoms with Crippen molar-refractivity contribution in [2.24, 2.45) is 0 Å². The third-order valence-electron chi connectivity index (χ3n) is 3.53. The average Bonchev–Trinajstić information content (AvgIpc) is 2.48. The van der Waals surface area contributed by atoms with E-state index in [0.717, 1.165) is 22.5 Å². The summed E-state index contributed by atoms with van der Waals surface area (Å²) in [4.78, 5) is 13.0. The van der Waals surface area contributed by atoms with Crippen LogP contribution in [0.1, 0.15) is 5.56 Å². The molecule has 0 aromatic heterocycles. The number of allylic oxidation sites excluding steroid dienone is 8. The van der Waals surface area contributed by atoms with Gasteiger partial charge in [0.05, 0.1) is 5.69 Å². The Labute approximate surface area is 123 Å². The van der Waals surface area contributed by atoms with Crippen molar-refractivity contribution in [3.8, 4) is 5.75 Å². The van der Waals surface area contributed by atoms with Crippen LogP contribution < -0.4 is 4.90 Å². The average molecular weight is 277 g/mol. The number of benzene rings is 1. The zero-order valence-corrected chi connectivity index (χ0v) is 11.7. The SMILES string of the molecule is CN1C(=CC=C2C=CC(=O)C=C2)C=Cc2cccc(O)c21. The first-order valence-electron chi connectivity index (χ1n) is 6.71. The van der Waals surface area contributed by atoms with Gasteiger partial charge in [-0.2, -0.15) is 0 Å². The zero-order chi connectivity index (χ0) is 14.8. The van der Waals surface area contributed by atoms with E-state index in [1.165, 1.54) is 0 Å². The van der Waals surface area contributed by atoms with Gasteiger partial charge in [0.15, 0.2) is 5.78 Å². The molecule has 0 unspecified atom stereocenters. The van der Waals surface area contributed by atoms with Crippen molar-refractivity contribution in [3.05, 3.63) is 77.6 Å². The molecule has 0 radical (unpaired) electrons. The second kappa shape index (κ2) is 5.29. The van der Waals surface area contributed by atoms with Crippen LogP contribution in [0.4, 0.5) is 5.69 Å².